The molecule has 7 nitrogen and oxygen atoms in total. The summed E-state index contributed by atoms with van der Waals surface area (Å²) >= 11 is 0. The number of ether oxygens (including phenoxy) is 1. The Kier molecular flexibility index (Phi) is 7.93. The summed E-state index contributed by atoms with van der Waals surface area (Å²) in [5, 5.41) is 20.9. The largest absolute Gasteiger partial charge is 0.481 e. The molecule has 1 rings (SSSR count). The van der Waals surface area contributed by atoms with Gasteiger partial charge in [-0.3, -0.25) is 9.53 Å². The molecule has 0 aliphatic rings. The smallest absolute Gasteiger partial charge is 0.347 e. The number of aliphatic carboxylic acids is 1. The number of anilines is 1. The summed E-state index contributed by atoms with van der Waals surface area (Å²) in [4.78, 5) is 18.8. The van der Waals surface area contributed by atoms with Crippen molar-refractivity contribution in [1.82, 2.24) is 0 Å². The van der Waals surface area contributed by atoms with Gasteiger partial charge in [-0.15, -0.1) is 0 Å². The second-order valence-electron chi connectivity index (χ2n) is 4.66. The molecule has 24 heavy (non-hydrogen) atoms. The van der Waals surface area contributed by atoms with Gasteiger partial charge in [0.05, 0.1) is 6.61 Å². The van der Waals surface area contributed by atoms with Gasteiger partial charge in [0.15, 0.2) is 6.23 Å². The molecular formula is C15H19F2N3O4. The van der Waals surface area contributed by atoms with E-state index in [1.807, 2.05) is 0 Å². The molecule has 1 aromatic rings. The normalized spacial score (nSPS) is 14.8. The fourth-order valence-electron chi connectivity index (χ4n) is 1.83. The number of aliphatic imine (C=N–C) groups is 2. The van der Waals surface area contributed by atoms with E-state index in [9.17, 15) is 13.6 Å². The van der Waals surface area contributed by atoms with E-state index in [0.29, 0.717) is 11.3 Å². The highest BCUT2D eigenvalue weighted by Crippen LogP contribution is 2.18. The lowest BCUT2D eigenvalue weighted by Gasteiger charge is -2.12. The fraction of sp³-hybridized carbons (Fsp3) is 0.400. The number of carbonyl (C=O) groups is 1. The topological polar surface area (TPSA) is 104 Å². The zero-order valence-electron chi connectivity index (χ0n) is 13.2. The van der Waals surface area contributed by atoms with Crippen LogP contribution in [0.25, 0.3) is 0 Å². The number of halogens is 2. The lowest BCUT2D eigenvalue weighted by atomic mass is 10.00. The maximum Gasteiger partial charge on any atom is 0.347 e. The van der Waals surface area contributed by atoms with E-state index >= 15 is 0 Å². The molecule has 0 heterocycles. The Labute approximate surface area is 137 Å². The van der Waals surface area contributed by atoms with Crippen LogP contribution in [0, 0.1) is 0 Å². The summed E-state index contributed by atoms with van der Waals surface area (Å²) in [7, 11) is 0. The molecule has 0 bridgehead atoms. The number of aliphatic hydroxyl groups is 1. The van der Waals surface area contributed by atoms with E-state index in [2.05, 4.69) is 20.0 Å². The van der Waals surface area contributed by atoms with Crippen LogP contribution in [-0.2, 0) is 9.53 Å². The van der Waals surface area contributed by atoms with Crippen LogP contribution in [0.4, 0.5) is 14.5 Å². The Morgan fingerprint density at radius 2 is 2.00 bits per heavy atom. The van der Waals surface area contributed by atoms with Crippen molar-refractivity contribution in [1.29, 1.82) is 0 Å². The summed E-state index contributed by atoms with van der Waals surface area (Å²) in [5.41, 5.74) is 0.955. The Morgan fingerprint density at radius 1 is 1.38 bits per heavy atom. The summed E-state index contributed by atoms with van der Waals surface area (Å²) in [6.07, 6.45) is 0.336. The second kappa shape index (κ2) is 9.68. The number of alkyl halides is 2. The van der Waals surface area contributed by atoms with Crippen molar-refractivity contribution in [3.8, 4) is 0 Å². The maximum atomic E-state index is 12.1. The molecule has 1 aromatic carbocycles. The number of rotatable bonds is 7. The fourth-order valence-corrected chi connectivity index (χ4v) is 1.83. The van der Waals surface area contributed by atoms with Gasteiger partial charge >= 0.3 is 12.6 Å². The highest BCUT2D eigenvalue weighted by molar-refractivity contribution is 5.98. The third kappa shape index (κ3) is 6.39. The number of aliphatic hydroxyl groups excluding tert-OH is 1. The Morgan fingerprint density at radius 3 is 2.46 bits per heavy atom. The standard InChI is InChI=1S/C15H19F2N3O4/c1-3-18-15(19-9(2)24-14(16)17)20-11-6-4-10(5-7-11)12(8-21)13(22)23/h3-7,9,12,14,21H,8H2,1-2H3,(H,19,20)(H,22,23)/t9?,12-/m1/s1. The minimum Gasteiger partial charge on any atom is -0.481 e. The maximum absolute atomic E-state index is 12.1. The van der Waals surface area contributed by atoms with Crippen molar-refractivity contribution in [2.75, 3.05) is 11.9 Å². The van der Waals surface area contributed by atoms with Crippen LogP contribution >= 0.6 is 0 Å². The molecule has 1 unspecified atom stereocenters. The molecule has 0 saturated heterocycles. The number of carboxylic acids is 1. The molecule has 0 aliphatic heterocycles. The number of carboxylic acid groups (broad SMARTS) is 1. The second-order valence-corrected chi connectivity index (χ2v) is 4.66. The van der Waals surface area contributed by atoms with Gasteiger partial charge in [-0.1, -0.05) is 12.1 Å². The Balaban J connectivity index is 2.88. The third-order valence-electron chi connectivity index (χ3n) is 2.91. The number of hydrogen-bond acceptors (Lipinski definition) is 4. The van der Waals surface area contributed by atoms with Crippen molar-refractivity contribution in [3.05, 3.63) is 29.8 Å². The van der Waals surface area contributed by atoms with Gasteiger partial charge in [-0.25, -0.2) is 9.98 Å². The molecule has 0 aliphatic carbocycles. The first-order chi connectivity index (χ1) is 11.4. The predicted molar refractivity (Wildman–Crippen MR) is 85.7 cm³/mol. The number of nitrogens with zero attached hydrogens (tertiary/aromatic N) is 2. The molecule has 0 spiro atoms. The molecule has 132 valence electrons. The zero-order valence-corrected chi connectivity index (χ0v) is 13.2. The highest BCUT2D eigenvalue weighted by atomic mass is 19.3. The lowest BCUT2D eigenvalue weighted by Crippen LogP contribution is -2.17. The zero-order chi connectivity index (χ0) is 18.1. The van der Waals surface area contributed by atoms with Crippen molar-refractivity contribution in [3.63, 3.8) is 0 Å². The van der Waals surface area contributed by atoms with Crippen LogP contribution in [-0.4, -0.2) is 47.8 Å². The Hall–Kier alpha value is -2.39. The predicted octanol–water partition coefficient (Wildman–Crippen LogP) is 2.29. The van der Waals surface area contributed by atoms with Crippen LogP contribution < -0.4 is 5.32 Å². The van der Waals surface area contributed by atoms with E-state index < -0.39 is 31.3 Å². The van der Waals surface area contributed by atoms with Crippen LogP contribution in [0.5, 0.6) is 0 Å². The first-order valence-electron chi connectivity index (χ1n) is 7.08. The molecule has 9 heteroatoms. The molecule has 2 atom stereocenters. The van der Waals surface area contributed by atoms with E-state index in [0.717, 1.165) is 0 Å². The first-order valence-corrected chi connectivity index (χ1v) is 7.08. The Bertz CT molecular complexity index is 591. The van der Waals surface area contributed by atoms with E-state index in [-0.39, 0.29) is 5.96 Å². The van der Waals surface area contributed by atoms with Gasteiger partial charge in [0, 0.05) is 11.9 Å². The van der Waals surface area contributed by atoms with E-state index in [1.165, 1.54) is 25.3 Å². The summed E-state index contributed by atoms with van der Waals surface area (Å²) in [6.45, 7) is -0.475. The van der Waals surface area contributed by atoms with Gasteiger partial charge in [-0.05, 0) is 31.5 Å². The third-order valence-corrected chi connectivity index (χ3v) is 2.91. The van der Waals surface area contributed by atoms with Crippen LogP contribution in [0.2, 0.25) is 0 Å². The van der Waals surface area contributed by atoms with E-state index in [1.54, 1.807) is 19.1 Å². The lowest BCUT2D eigenvalue weighted by molar-refractivity contribution is -0.155. The van der Waals surface area contributed by atoms with Gasteiger partial charge in [0.2, 0.25) is 5.96 Å². The number of benzene rings is 1. The van der Waals surface area contributed by atoms with Crippen molar-refractivity contribution in [2.24, 2.45) is 9.98 Å². The van der Waals surface area contributed by atoms with Gasteiger partial charge in [-0.2, -0.15) is 8.78 Å². The summed E-state index contributed by atoms with van der Waals surface area (Å²) < 4.78 is 28.5. The van der Waals surface area contributed by atoms with Gasteiger partial charge < -0.3 is 15.5 Å². The monoisotopic (exact) mass is 343 g/mol. The van der Waals surface area contributed by atoms with Crippen molar-refractivity contribution in [2.45, 2.75) is 32.6 Å². The molecule has 0 saturated carbocycles. The molecule has 0 aromatic heterocycles. The average molecular weight is 343 g/mol. The SMILES string of the molecule is CC=NC(=NC(C)OC(F)F)Nc1ccc([C@@H](CO)C(=O)O)cc1. The summed E-state index contributed by atoms with van der Waals surface area (Å²) in [6, 6.07) is 6.20. The van der Waals surface area contributed by atoms with Gasteiger partial charge in [0.25, 0.3) is 0 Å². The van der Waals surface area contributed by atoms with Crippen LogP contribution in [0.1, 0.15) is 25.3 Å². The summed E-state index contributed by atoms with van der Waals surface area (Å²) in [5.74, 6) is -2.08. The minimum absolute atomic E-state index is 0.0651. The highest BCUT2D eigenvalue weighted by Gasteiger charge is 2.18. The van der Waals surface area contributed by atoms with Gasteiger partial charge in [0.1, 0.15) is 5.92 Å². The number of guanidine groups is 1. The quantitative estimate of drug-likeness (QED) is 0.521. The number of nitrogens with one attached hydrogen (secondary N) is 1. The van der Waals surface area contributed by atoms with Crippen molar-refractivity contribution >= 4 is 23.8 Å². The first kappa shape index (κ1) is 19.7. The average Bonchev–Trinajstić information content (AvgIpc) is 2.48. The van der Waals surface area contributed by atoms with Crippen molar-refractivity contribution < 1.29 is 28.5 Å². The molecule has 0 amide bonds. The molecular weight excluding hydrogens is 324 g/mol. The van der Waals surface area contributed by atoms with E-state index in [4.69, 9.17) is 10.2 Å². The van der Waals surface area contributed by atoms with Crippen LogP contribution in [0.15, 0.2) is 34.3 Å². The molecule has 3 N–H and O–H groups in total. The number of hydrogen-bond donors (Lipinski definition) is 3. The molecule has 0 radical (unpaired) electrons. The minimum atomic E-state index is -2.94. The van der Waals surface area contributed by atoms with Crippen LogP contribution in [0.3, 0.4) is 0 Å². The molecule has 0 fully saturated rings.